The summed E-state index contributed by atoms with van der Waals surface area (Å²) in [5.41, 5.74) is 5.55. The van der Waals surface area contributed by atoms with Crippen LogP contribution < -0.4 is 5.32 Å². The maximum Gasteiger partial charge on any atom is 0.308 e. The number of fused-ring (bicyclic) bond motifs is 3. The number of benzene rings is 2. The molecule has 0 spiro atoms. The van der Waals surface area contributed by atoms with E-state index in [0.717, 1.165) is 44.6 Å². The van der Waals surface area contributed by atoms with E-state index in [-0.39, 0.29) is 18.2 Å². The van der Waals surface area contributed by atoms with Gasteiger partial charge in [0.15, 0.2) is 5.82 Å². The number of anilines is 2. The first-order valence-electron chi connectivity index (χ1n) is 11.7. The van der Waals surface area contributed by atoms with Gasteiger partial charge in [0.1, 0.15) is 22.7 Å². The van der Waals surface area contributed by atoms with Crippen LogP contribution in [0.3, 0.4) is 0 Å². The molecule has 2 aromatic carbocycles. The molecule has 1 N–H and O–H groups in total. The summed E-state index contributed by atoms with van der Waals surface area (Å²) < 4.78 is 20.5. The first kappa shape index (κ1) is 23.9. The highest BCUT2D eigenvalue weighted by Crippen LogP contribution is 2.39. The van der Waals surface area contributed by atoms with Crippen molar-refractivity contribution in [2.45, 2.75) is 40.2 Å². The average molecular weight is 504 g/mol. The summed E-state index contributed by atoms with van der Waals surface area (Å²) in [5.74, 6) is 0.779. The minimum atomic E-state index is -0.531. The molecule has 0 fully saturated rings. The lowest BCUT2D eigenvalue weighted by Gasteiger charge is -2.13. The minimum absolute atomic E-state index is 0.0760. The Morgan fingerprint density at radius 1 is 1.06 bits per heavy atom. The van der Waals surface area contributed by atoms with Crippen LogP contribution in [0.4, 0.5) is 15.8 Å². The van der Waals surface area contributed by atoms with Crippen molar-refractivity contribution in [3.8, 4) is 5.00 Å². The second-order valence-electron chi connectivity index (χ2n) is 8.62. The third-order valence-corrected chi connectivity index (χ3v) is 7.39. The SMILES string of the molecule is CCOC(=O)C[C@@H]1N=C(c2ccc(Nc3ccc(F)cc3)cc2)c2c(sc(C)c2C)-n2c(C)nnc21. The molecule has 1 aliphatic rings. The number of nitrogens with one attached hydrogen (secondary N) is 1. The molecule has 1 aliphatic heterocycles. The molecule has 184 valence electrons. The number of aryl methyl sites for hydroxylation is 2. The molecule has 36 heavy (non-hydrogen) atoms. The Bertz CT molecular complexity index is 1450. The zero-order chi connectivity index (χ0) is 25.4. The van der Waals surface area contributed by atoms with Crippen molar-refractivity contribution in [1.29, 1.82) is 0 Å². The Hall–Kier alpha value is -3.85. The molecule has 0 radical (unpaired) electrons. The fourth-order valence-corrected chi connectivity index (χ4v) is 5.53. The Morgan fingerprint density at radius 3 is 2.39 bits per heavy atom. The second-order valence-corrected chi connectivity index (χ2v) is 9.82. The predicted octanol–water partition coefficient (Wildman–Crippen LogP) is 5.98. The van der Waals surface area contributed by atoms with Crippen LogP contribution in [-0.2, 0) is 9.53 Å². The molecule has 2 aromatic heterocycles. The quantitative estimate of drug-likeness (QED) is 0.327. The van der Waals surface area contributed by atoms with E-state index in [9.17, 15) is 9.18 Å². The van der Waals surface area contributed by atoms with Gasteiger partial charge in [-0.15, -0.1) is 21.5 Å². The summed E-state index contributed by atoms with van der Waals surface area (Å²) in [7, 11) is 0. The van der Waals surface area contributed by atoms with Crippen molar-refractivity contribution < 1.29 is 13.9 Å². The van der Waals surface area contributed by atoms with Gasteiger partial charge in [0, 0.05) is 27.4 Å². The number of halogens is 1. The van der Waals surface area contributed by atoms with E-state index in [2.05, 4.69) is 29.4 Å². The Balaban J connectivity index is 1.58. The Morgan fingerprint density at radius 2 is 1.72 bits per heavy atom. The number of hydrogen-bond acceptors (Lipinski definition) is 7. The molecule has 0 unspecified atom stereocenters. The van der Waals surface area contributed by atoms with E-state index in [1.54, 1.807) is 30.4 Å². The van der Waals surface area contributed by atoms with Gasteiger partial charge in [0.05, 0.1) is 18.7 Å². The number of hydrogen-bond donors (Lipinski definition) is 1. The summed E-state index contributed by atoms with van der Waals surface area (Å²) >= 11 is 1.67. The lowest BCUT2D eigenvalue weighted by molar-refractivity contribution is -0.143. The van der Waals surface area contributed by atoms with Crippen LogP contribution in [0.15, 0.2) is 53.5 Å². The van der Waals surface area contributed by atoms with Crippen LogP contribution in [0.2, 0.25) is 0 Å². The van der Waals surface area contributed by atoms with E-state index in [0.29, 0.717) is 12.4 Å². The number of esters is 1. The van der Waals surface area contributed by atoms with Gasteiger partial charge in [-0.3, -0.25) is 14.4 Å². The standard InChI is InChI=1S/C27H26FN5O2S/c1-5-35-23(34)14-22-26-32-31-17(4)33(26)27-24(15(2)16(3)36-27)25(30-22)18-6-10-20(11-7-18)29-21-12-8-19(28)9-13-21/h6-13,22,29H,5,14H2,1-4H3/t22-/m0/s1. The molecule has 0 aliphatic carbocycles. The molecule has 7 nitrogen and oxygen atoms in total. The first-order chi connectivity index (χ1) is 17.4. The number of carbonyl (C=O) groups is 1. The van der Waals surface area contributed by atoms with Crippen molar-refractivity contribution in [3.63, 3.8) is 0 Å². The summed E-state index contributed by atoms with van der Waals surface area (Å²) in [4.78, 5) is 18.8. The van der Waals surface area contributed by atoms with E-state index in [4.69, 9.17) is 9.73 Å². The van der Waals surface area contributed by atoms with E-state index < -0.39 is 6.04 Å². The van der Waals surface area contributed by atoms with Crippen LogP contribution in [0.25, 0.3) is 5.00 Å². The van der Waals surface area contributed by atoms with Gasteiger partial charge in [-0.1, -0.05) is 12.1 Å². The zero-order valence-electron chi connectivity index (χ0n) is 20.5. The topological polar surface area (TPSA) is 81.4 Å². The number of carbonyl (C=O) groups excluding carboxylic acids is 1. The Kier molecular flexibility index (Phi) is 6.40. The summed E-state index contributed by atoms with van der Waals surface area (Å²) in [6.07, 6.45) is 0.0760. The van der Waals surface area contributed by atoms with Crippen molar-refractivity contribution in [3.05, 3.63) is 87.6 Å². The molecular weight excluding hydrogens is 477 g/mol. The van der Waals surface area contributed by atoms with Crippen LogP contribution in [-0.4, -0.2) is 33.1 Å². The van der Waals surface area contributed by atoms with Gasteiger partial charge in [0.25, 0.3) is 0 Å². The molecule has 5 rings (SSSR count). The van der Waals surface area contributed by atoms with Crippen LogP contribution in [0.5, 0.6) is 0 Å². The zero-order valence-corrected chi connectivity index (χ0v) is 21.3. The summed E-state index contributed by atoms with van der Waals surface area (Å²) in [6.45, 7) is 8.19. The fraction of sp³-hybridized carbons (Fsp3) is 0.259. The minimum Gasteiger partial charge on any atom is -0.466 e. The van der Waals surface area contributed by atoms with Crippen LogP contribution in [0.1, 0.15) is 52.6 Å². The first-order valence-corrected chi connectivity index (χ1v) is 12.6. The van der Waals surface area contributed by atoms with Crippen molar-refractivity contribution in [2.24, 2.45) is 4.99 Å². The maximum absolute atomic E-state index is 13.2. The predicted molar refractivity (Wildman–Crippen MR) is 139 cm³/mol. The van der Waals surface area contributed by atoms with Crippen molar-refractivity contribution in [1.82, 2.24) is 14.8 Å². The van der Waals surface area contributed by atoms with E-state index in [1.165, 1.54) is 17.0 Å². The molecule has 0 amide bonds. The highest BCUT2D eigenvalue weighted by molar-refractivity contribution is 7.15. The number of ether oxygens (including phenoxy) is 1. The molecule has 0 saturated heterocycles. The molecule has 3 heterocycles. The maximum atomic E-state index is 13.2. The molecular formula is C27H26FN5O2S. The number of nitrogens with zero attached hydrogens (tertiary/aromatic N) is 4. The highest BCUT2D eigenvalue weighted by Gasteiger charge is 2.32. The smallest absolute Gasteiger partial charge is 0.308 e. The third kappa shape index (κ3) is 4.42. The van der Waals surface area contributed by atoms with Gasteiger partial charge in [-0.05, 0) is 69.7 Å². The van der Waals surface area contributed by atoms with E-state index in [1.807, 2.05) is 35.8 Å². The highest BCUT2D eigenvalue weighted by atomic mass is 32.1. The van der Waals surface area contributed by atoms with Crippen molar-refractivity contribution in [2.75, 3.05) is 11.9 Å². The average Bonchev–Trinajstić information content (AvgIpc) is 3.33. The lowest BCUT2D eigenvalue weighted by Crippen LogP contribution is -2.13. The Labute approximate surface area is 212 Å². The van der Waals surface area contributed by atoms with Gasteiger partial charge in [0.2, 0.25) is 0 Å². The number of aliphatic imine (C=N–C) groups is 1. The largest absolute Gasteiger partial charge is 0.466 e. The summed E-state index contributed by atoms with van der Waals surface area (Å²) in [6, 6.07) is 13.6. The van der Waals surface area contributed by atoms with Gasteiger partial charge in [-0.2, -0.15) is 0 Å². The molecule has 9 heteroatoms. The summed E-state index contributed by atoms with van der Waals surface area (Å²) in [5, 5.41) is 13.0. The molecule has 0 bridgehead atoms. The normalized spacial score (nSPS) is 14.5. The van der Waals surface area contributed by atoms with Gasteiger partial charge < -0.3 is 10.1 Å². The number of aromatic nitrogens is 3. The molecule has 1 atom stereocenters. The third-order valence-electron chi connectivity index (χ3n) is 6.20. The number of thiophene rings is 1. The van der Waals surface area contributed by atoms with E-state index >= 15 is 0 Å². The van der Waals surface area contributed by atoms with Gasteiger partial charge in [-0.25, -0.2) is 4.39 Å². The second kappa shape index (κ2) is 9.66. The fourth-order valence-electron chi connectivity index (χ4n) is 4.31. The van der Waals surface area contributed by atoms with Gasteiger partial charge >= 0.3 is 5.97 Å². The van der Waals surface area contributed by atoms with Crippen LogP contribution >= 0.6 is 11.3 Å². The van der Waals surface area contributed by atoms with Crippen LogP contribution in [0, 0.1) is 26.6 Å². The molecule has 0 saturated carbocycles. The van der Waals surface area contributed by atoms with Crippen molar-refractivity contribution >= 4 is 34.4 Å². The number of rotatable bonds is 6. The molecule has 4 aromatic rings. The monoisotopic (exact) mass is 503 g/mol. The lowest BCUT2D eigenvalue weighted by atomic mass is 9.99.